The van der Waals surface area contributed by atoms with Crippen LogP contribution in [0.25, 0.3) is 10.9 Å². The van der Waals surface area contributed by atoms with Gasteiger partial charge in [0.1, 0.15) is 0 Å². The van der Waals surface area contributed by atoms with Gasteiger partial charge in [-0.2, -0.15) is 5.10 Å². The van der Waals surface area contributed by atoms with Crippen LogP contribution in [-0.4, -0.2) is 28.2 Å². The number of aromatic amines is 1. The van der Waals surface area contributed by atoms with Crippen molar-refractivity contribution in [3.63, 3.8) is 0 Å². The van der Waals surface area contributed by atoms with Gasteiger partial charge in [0.05, 0.1) is 5.52 Å². The molecule has 0 aliphatic carbocycles. The van der Waals surface area contributed by atoms with Gasteiger partial charge in [-0.25, -0.2) is 5.84 Å². The molecule has 0 aliphatic rings. The van der Waals surface area contributed by atoms with Gasteiger partial charge in [-0.1, -0.05) is 18.2 Å². The molecule has 0 atom stereocenters. The molecule has 0 spiro atoms. The molecule has 1 amide bonds. The summed E-state index contributed by atoms with van der Waals surface area (Å²) in [6.45, 7) is 0. The van der Waals surface area contributed by atoms with Crippen LogP contribution >= 0.6 is 0 Å². The number of amides is 1. The number of para-hydroxylation sites is 1. The Morgan fingerprint density at radius 2 is 2.21 bits per heavy atom. The van der Waals surface area contributed by atoms with Crippen LogP contribution in [-0.2, 0) is 0 Å². The highest BCUT2D eigenvalue weighted by Crippen LogP contribution is 2.15. The maximum Gasteiger partial charge on any atom is 0.288 e. The van der Waals surface area contributed by atoms with Gasteiger partial charge in [0.25, 0.3) is 5.91 Å². The number of nitrogens with zero attached hydrogens (tertiary/aromatic N) is 2. The quantitative estimate of drug-likeness (QED) is 0.391. The molecular weight excluding hydrogens is 180 g/mol. The molecule has 0 fully saturated rings. The Morgan fingerprint density at radius 3 is 2.93 bits per heavy atom. The van der Waals surface area contributed by atoms with E-state index in [2.05, 4.69) is 10.2 Å². The first-order chi connectivity index (χ1) is 6.70. The van der Waals surface area contributed by atoms with Crippen molar-refractivity contribution in [2.24, 2.45) is 5.84 Å². The number of aromatic nitrogens is 2. The number of benzene rings is 1. The second-order valence-corrected chi connectivity index (χ2v) is 3.03. The summed E-state index contributed by atoms with van der Waals surface area (Å²) >= 11 is 0. The highest BCUT2D eigenvalue weighted by atomic mass is 16.2. The number of carbonyl (C=O) groups excluding carboxylic acids is 1. The largest absolute Gasteiger partial charge is 0.288 e. The molecule has 2 aromatic rings. The van der Waals surface area contributed by atoms with E-state index in [9.17, 15) is 4.79 Å². The fourth-order valence-electron chi connectivity index (χ4n) is 1.29. The van der Waals surface area contributed by atoms with Gasteiger partial charge in [-0.05, 0) is 6.07 Å². The summed E-state index contributed by atoms with van der Waals surface area (Å²) in [5.74, 6) is 5.04. The maximum atomic E-state index is 11.5. The first-order valence-electron chi connectivity index (χ1n) is 4.16. The average Bonchev–Trinajstić information content (AvgIpc) is 2.60. The fourth-order valence-corrected chi connectivity index (χ4v) is 1.29. The predicted octanol–water partition coefficient (Wildman–Crippen LogP) is 0.509. The number of nitrogens with two attached hydrogens (primary N) is 1. The second kappa shape index (κ2) is 3.12. The van der Waals surface area contributed by atoms with Crippen molar-refractivity contribution >= 4 is 16.8 Å². The van der Waals surface area contributed by atoms with Crippen LogP contribution in [0.15, 0.2) is 24.3 Å². The van der Waals surface area contributed by atoms with E-state index >= 15 is 0 Å². The van der Waals surface area contributed by atoms with Crippen LogP contribution in [0.3, 0.4) is 0 Å². The summed E-state index contributed by atoms with van der Waals surface area (Å²) in [6.07, 6.45) is 0. The van der Waals surface area contributed by atoms with Crippen LogP contribution in [0.2, 0.25) is 0 Å². The molecule has 1 heterocycles. The van der Waals surface area contributed by atoms with Gasteiger partial charge in [-0.15, -0.1) is 0 Å². The van der Waals surface area contributed by atoms with Crippen molar-refractivity contribution in [2.45, 2.75) is 0 Å². The van der Waals surface area contributed by atoms with E-state index in [1.165, 1.54) is 7.05 Å². The normalized spacial score (nSPS) is 10.4. The van der Waals surface area contributed by atoms with Crippen LogP contribution in [0.5, 0.6) is 0 Å². The first kappa shape index (κ1) is 8.71. The van der Waals surface area contributed by atoms with E-state index in [4.69, 9.17) is 5.84 Å². The average molecular weight is 190 g/mol. The monoisotopic (exact) mass is 190 g/mol. The minimum Gasteiger partial charge on any atom is -0.278 e. The Hall–Kier alpha value is -1.88. The number of nitrogens with one attached hydrogen (secondary N) is 1. The van der Waals surface area contributed by atoms with Crippen molar-refractivity contribution in [1.29, 1.82) is 0 Å². The molecule has 5 heteroatoms. The van der Waals surface area contributed by atoms with Gasteiger partial charge in [-0.3, -0.25) is 14.9 Å². The highest BCUT2D eigenvalue weighted by molar-refractivity contribution is 6.04. The number of carbonyl (C=O) groups is 1. The van der Waals surface area contributed by atoms with Crippen molar-refractivity contribution < 1.29 is 4.79 Å². The molecular formula is C9H10N4O. The summed E-state index contributed by atoms with van der Waals surface area (Å²) in [5, 5.41) is 8.49. The number of H-pyrrole nitrogens is 1. The van der Waals surface area contributed by atoms with Gasteiger partial charge in [0.15, 0.2) is 5.69 Å². The van der Waals surface area contributed by atoms with Gasteiger partial charge < -0.3 is 0 Å². The number of fused-ring (bicyclic) bond motifs is 1. The van der Waals surface area contributed by atoms with Crippen LogP contribution in [0.4, 0.5) is 0 Å². The molecule has 0 radical (unpaired) electrons. The Morgan fingerprint density at radius 1 is 1.50 bits per heavy atom. The van der Waals surface area contributed by atoms with E-state index < -0.39 is 0 Å². The van der Waals surface area contributed by atoms with Gasteiger partial charge >= 0.3 is 0 Å². The van der Waals surface area contributed by atoms with Crippen molar-refractivity contribution in [3.05, 3.63) is 30.0 Å². The van der Waals surface area contributed by atoms with Crippen molar-refractivity contribution in [2.75, 3.05) is 7.05 Å². The number of hydrazine groups is 1. The molecule has 2 rings (SSSR count). The zero-order chi connectivity index (χ0) is 10.1. The summed E-state index contributed by atoms with van der Waals surface area (Å²) in [4.78, 5) is 11.5. The van der Waals surface area contributed by atoms with E-state index in [1.807, 2.05) is 24.3 Å². The molecule has 0 aliphatic heterocycles. The van der Waals surface area contributed by atoms with Crippen molar-refractivity contribution in [1.82, 2.24) is 15.2 Å². The lowest BCUT2D eigenvalue weighted by Gasteiger charge is -2.06. The predicted molar refractivity (Wildman–Crippen MR) is 52.4 cm³/mol. The lowest BCUT2D eigenvalue weighted by atomic mass is 10.2. The molecule has 0 unspecified atom stereocenters. The Kier molecular flexibility index (Phi) is 1.94. The van der Waals surface area contributed by atoms with Crippen molar-refractivity contribution in [3.8, 4) is 0 Å². The second-order valence-electron chi connectivity index (χ2n) is 3.03. The molecule has 0 saturated heterocycles. The topological polar surface area (TPSA) is 75.0 Å². The maximum absolute atomic E-state index is 11.5. The molecule has 0 saturated carbocycles. The summed E-state index contributed by atoms with van der Waals surface area (Å²) in [5.41, 5.74) is 1.18. The minimum absolute atomic E-state index is 0.303. The zero-order valence-corrected chi connectivity index (χ0v) is 7.69. The van der Waals surface area contributed by atoms with Crippen LogP contribution in [0.1, 0.15) is 10.5 Å². The first-order valence-corrected chi connectivity index (χ1v) is 4.16. The SMILES string of the molecule is CN(N)C(=O)c1n[nH]c2ccccc12. The van der Waals surface area contributed by atoms with E-state index in [0.29, 0.717) is 5.69 Å². The molecule has 1 aromatic carbocycles. The summed E-state index contributed by atoms with van der Waals surface area (Å²) in [7, 11) is 1.49. The molecule has 3 N–H and O–H groups in total. The van der Waals surface area contributed by atoms with Crippen LogP contribution in [0, 0.1) is 0 Å². The smallest absolute Gasteiger partial charge is 0.278 e. The fraction of sp³-hybridized carbons (Fsp3) is 0.111. The lowest BCUT2D eigenvalue weighted by Crippen LogP contribution is -2.33. The van der Waals surface area contributed by atoms with Crippen LogP contribution < -0.4 is 5.84 Å². The highest BCUT2D eigenvalue weighted by Gasteiger charge is 2.15. The summed E-state index contributed by atoms with van der Waals surface area (Å²) < 4.78 is 0. The number of rotatable bonds is 1. The Balaban J connectivity index is 2.58. The standard InChI is InChI=1S/C9H10N4O/c1-13(10)9(14)8-6-4-2-3-5-7(6)11-12-8/h2-5H,10H2,1H3,(H,11,12). The molecule has 72 valence electrons. The third-order valence-corrected chi connectivity index (χ3v) is 1.99. The Bertz CT molecular complexity index is 474. The molecule has 5 nitrogen and oxygen atoms in total. The zero-order valence-electron chi connectivity index (χ0n) is 7.69. The summed E-state index contributed by atoms with van der Waals surface area (Å²) in [6, 6.07) is 7.41. The number of hydrogen-bond acceptors (Lipinski definition) is 3. The molecule has 1 aromatic heterocycles. The lowest BCUT2D eigenvalue weighted by molar-refractivity contribution is 0.0791. The van der Waals surface area contributed by atoms with E-state index in [-0.39, 0.29) is 5.91 Å². The number of hydrogen-bond donors (Lipinski definition) is 2. The van der Waals surface area contributed by atoms with E-state index in [0.717, 1.165) is 15.9 Å². The molecule has 0 bridgehead atoms. The minimum atomic E-state index is -0.303. The Labute approximate surface area is 80.5 Å². The third kappa shape index (κ3) is 1.23. The van der Waals surface area contributed by atoms with Gasteiger partial charge in [0, 0.05) is 12.4 Å². The van der Waals surface area contributed by atoms with E-state index in [1.54, 1.807) is 0 Å². The third-order valence-electron chi connectivity index (χ3n) is 1.99. The van der Waals surface area contributed by atoms with Gasteiger partial charge in [0.2, 0.25) is 0 Å². The molecule has 14 heavy (non-hydrogen) atoms.